The van der Waals surface area contributed by atoms with Crippen LogP contribution in [0.15, 0.2) is 24.3 Å². The van der Waals surface area contributed by atoms with Gasteiger partial charge in [0.05, 0.1) is 7.11 Å². The lowest BCUT2D eigenvalue weighted by Gasteiger charge is -2.44. The molecule has 25 heavy (non-hydrogen) atoms. The lowest BCUT2D eigenvalue weighted by atomic mass is 9.75. The molecule has 0 saturated heterocycles. The van der Waals surface area contributed by atoms with Crippen molar-refractivity contribution in [3.05, 3.63) is 30.1 Å². The maximum atomic E-state index is 12.2. The Morgan fingerprint density at radius 2 is 2.00 bits per heavy atom. The van der Waals surface area contributed by atoms with Crippen LogP contribution in [0.2, 0.25) is 0 Å². The predicted molar refractivity (Wildman–Crippen MR) is 93.5 cm³/mol. The third-order valence-corrected chi connectivity index (χ3v) is 5.41. The quantitative estimate of drug-likeness (QED) is 0.853. The van der Waals surface area contributed by atoms with Gasteiger partial charge in [-0.25, -0.2) is 0 Å². The van der Waals surface area contributed by atoms with Crippen LogP contribution in [-0.4, -0.2) is 45.2 Å². The number of rotatable bonds is 4. The van der Waals surface area contributed by atoms with Crippen molar-refractivity contribution in [2.45, 2.75) is 45.1 Å². The zero-order valence-electron chi connectivity index (χ0n) is 15.3. The summed E-state index contributed by atoms with van der Waals surface area (Å²) in [6.45, 7) is 3.85. The van der Waals surface area contributed by atoms with Gasteiger partial charge in [0.2, 0.25) is 5.91 Å². The van der Waals surface area contributed by atoms with Gasteiger partial charge >= 0.3 is 0 Å². The van der Waals surface area contributed by atoms with Gasteiger partial charge in [0.15, 0.2) is 5.82 Å². The molecule has 0 N–H and O–H groups in total. The normalized spacial score (nSPS) is 23.3. The highest BCUT2D eigenvalue weighted by atomic mass is 16.5. The van der Waals surface area contributed by atoms with Crippen molar-refractivity contribution >= 4 is 5.91 Å². The first-order chi connectivity index (χ1) is 12.0. The standard InChI is InChI=1S/C18H25N5O2/c1-13-9-11-18(12-10-13,22(3)14(2)24)17-19-20-21-23(17)15-7-5-6-8-16(15)25-4/h5-8,13H,9-12H2,1-4H3. The SMILES string of the molecule is COc1ccccc1-n1nnnc1C1(N(C)C(C)=O)CCC(C)CC1. The third kappa shape index (κ3) is 2.99. The first kappa shape index (κ1) is 17.4. The first-order valence-electron chi connectivity index (χ1n) is 8.66. The number of aromatic nitrogens is 4. The van der Waals surface area contributed by atoms with Gasteiger partial charge in [-0.05, 0) is 54.2 Å². The molecule has 1 aromatic heterocycles. The Balaban J connectivity index is 2.13. The maximum Gasteiger partial charge on any atom is 0.220 e. The molecule has 1 aliphatic carbocycles. The van der Waals surface area contributed by atoms with E-state index in [4.69, 9.17) is 4.74 Å². The molecule has 1 amide bonds. The van der Waals surface area contributed by atoms with Crippen LogP contribution in [0.1, 0.15) is 45.4 Å². The molecule has 1 heterocycles. The number of tetrazole rings is 1. The van der Waals surface area contributed by atoms with E-state index < -0.39 is 5.54 Å². The molecule has 0 unspecified atom stereocenters. The average Bonchev–Trinajstić information content (AvgIpc) is 3.12. The monoisotopic (exact) mass is 343 g/mol. The van der Waals surface area contributed by atoms with Crippen LogP contribution in [0.5, 0.6) is 5.75 Å². The van der Waals surface area contributed by atoms with Crippen molar-refractivity contribution in [3.63, 3.8) is 0 Å². The van der Waals surface area contributed by atoms with Crippen molar-refractivity contribution in [3.8, 4) is 11.4 Å². The summed E-state index contributed by atoms with van der Waals surface area (Å²) >= 11 is 0. The van der Waals surface area contributed by atoms with Crippen LogP contribution in [0, 0.1) is 5.92 Å². The van der Waals surface area contributed by atoms with Crippen molar-refractivity contribution in [2.24, 2.45) is 5.92 Å². The van der Waals surface area contributed by atoms with E-state index in [2.05, 4.69) is 22.4 Å². The molecular weight excluding hydrogens is 318 g/mol. The zero-order chi connectivity index (χ0) is 18.0. The summed E-state index contributed by atoms with van der Waals surface area (Å²) < 4.78 is 7.19. The highest BCUT2D eigenvalue weighted by Crippen LogP contribution is 2.43. The number of hydrogen-bond acceptors (Lipinski definition) is 5. The van der Waals surface area contributed by atoms with Crippen LogP contribution in [0.25, 0.3) is 5.69 Å². The van der Waals surface area contributed by atoms with Gasteiger partial charge in [0.1, 0.15) is 17.0 Å². The average molecular weight is 343 g/mol. The van der Waals surface area contributed by atoms with Crippen molar-refractivity contribution in [1.82, 2.24) is 25.1 Å². The number of amides is 1. The smallest absolute Gasteiger partial charge is 0.220 e. The second-order valence-electron chi connectivity index (χ2n) is 6.88. The lowest BCUT2D eigenvalue weighted by Crippen LogP contribution is -2.50. The molecule has 1 fully saturated rings. The van der Waals surface area contributed by atoms with Gasteiger partial charge < -0.3 is 9.64 Å². The molecule has 2 aromatic rings. The van der Waals surface area contributed by atoms with Crippen LogP contribution in [0.3, 0.4) is 0 Å². The number of methoxy groups -OCH3 is 1. The molecule has 1 aliphatic rings. The second kappa shape index (κ2) is 6.82. The van der Waals surface area contributed by atoms with E-state index in [1.165, 1.54) is 0 Å². The molecule has 0 spiro atoms. The number of para-hydroxylation sites is 2. The van der Waals surface area contributed by atoms with Crippen LogP contribution >= 0.6 is 0 Å². The maximum absolute atomic E-state index is 12.2. The van der Waals surface area contributed by atoms with Gasteiger partial charge in [-0.3, -0.25) is 4.79 Å². The Hall–Kier alpha value is -2.44. The second-order valence-corrected chi connectivity index (χ2v) is 6.88. The molecule has 0 aliphatic heterocycles. The molecule has 7 nitrogen and oxygen atoms in total. The van der Waals surface area contributed by atoms with E-state index in [-0.39, 0.29) is 5.91 Å². The fourth-order valence-electron chi connectivity index (χ4n) is 3.69. The lowest BCUT2D eigenvalue weighted by molar-refractivity contribution is -0.136. The summed E-state index contributed by atoms with van der Waals surface area (Å²) in [7, 11) is 3.47. The summed E-state index contributed by atoms with van der Waals surface area (Å²) in [4.78, 5) is 14.0. The molecule has 0 atom stereocenters. The van der Waals surface area contributed by atoms with Crippen LogP contribution in [0.4, 0.5) is 0 Å². The number of carbonyl (C=O) groups excluding carboxylic acids is 1. The fraction of sp³-hybridized carbons (Fsp3) is 0.556. The highest BCUT2D eigenvalue weighted by molar-refractivity contribution is 5.74. The fourth-order valence-corrected chi connectivity index (χ4v) is 3.69. The number of benzene rings is 1. The van der Waals surface area contributed by atoms with Crippen molar-refractivity contribution in [1.29, 1.82) is 0 Å². The van der Waals surface area contributed by atoms with Gasteiger partial charge in [0, 0.05) is 14.0 Å². The Morgan fingerprint density at radius 1 is 1.32 bits per heavy atom. The minimum absolute atomic E-state index is 0.0177. The topological polar surface area (TPSA) is 73.1 Å². The van der Waals surface area contributed by atoms with E-state index in [9.17, 15) is 4.79 Å². The first-order valence-corrected chi connectivity index (χ1v) is 8.66. The Labute approximate surface area is 148 Å². The van der Waals surface area contributed by atoms with E-state index >= 15 is 0 Å². The molecular formula is C18H25N5O2. The minimum Gasteiger partial charge on any atom is -0.494 e. The summed E-state index contributed by atoms with van der Waals surface area (Å²) in [6.07, 6.45) is 3.77. The summed E-state index contributed by atoms with van der Waals surface area (Å²) in [6, 6.07) is 7.64. The summed E-state index contributed by atoms with van der Waals surface area (Å²) in [5, 5.41) is 12.5. The number of carbonyl (C=O) groups is 1. The van der Waals surface area contributed by atoms with E-state index in [1.807, 2.05) is 31.3 Å². The van der Waals surface area contributed by atoms with Gasteiger partial charge in [0.25, 0.3) is 0 Å². The molecule has 134 valence electrons. The largest absolute Gasteiger partial charge is 0.494 e. The molecule has 7 heteroatoms. The third-order valence-electron chi connectivity index (χ3n) is 5.41. The Morgan fingerprint density at radius 3 is 2.64 bits per heavy atom. The molecule has 3 rings (SSSR count). The highest BCUT2D eigenvalue weighted by Gasteiger charge is 2.45. The van der Waals surface area contributed by atoms with E-state index in [0.717, 1.165) is 31.4 Å². The number of ether oxygens (including phenoxy) is 1. The van der Waals surface area contributed by atoms with Crippen molar-refractivity contribution < 1.29 is 9.53 Å². The number of nitrogens with zero attached hydrogens (tertiary/aromatic N) is 5. The minimum atomic E-state index is -0.497. The van der Waals surface area contributed by atoms with Crippen molar-refractivity contribution in [2.75, 3.05) is 14.2 Å². The van der Waals surface area contributed by atoms with Crippen LogP contribution < -0.4 is 4.74 Å². The zero-order valence-corrected chi connectivity index (χ0v) is 15.3. The Kier molecular flexibility index (Phi) is 4.74. The van der Waals surface area contributed by atoms with E-state index in [1.54, 1.807) is 23.6 Å². The van der Waals surface area contributed by atoms with Gasteiger partial charge in [-0.15, -0.1) is 5.10 Å². The van der Waals surface area contributed by atoms with Gasteiger partial charge in [-0.2, -0.15) is 4.68 Å². The summed E-state index contributed by atoms with van der Waals surface area (Å²) in [5.74, 6) is 2.05. The predicted octanol–water partition coefficient (Wildman–Crippen LogP) is 2.55. The molecule has 1 saturated carbocycles. The van der Waals surface area contributed by atoms with Gasteiger partial charge in [-0.1, -0.05) is 19.1 Å². The molecule has 1 aromatic carbocycles. The summed E-state index contributed by atoms with van der Waals surface area (Å²) in [5.41, 5.74) is 0.280. The Bertz CT molecular complexity index is 749. The molecule has 0 bridgehead atoms. The molecule has 0 radical (unpaired) electrons. The van der Waals surface area contributed by atoms with E-state index in [0.29, 0.717) is 17.5 Å². The number of hydrogen-bond donors (Lipinski definition) is 0. The van der Waals surface area contributed by atoms with Crippen LogP contribution in [-0.2, 0) is 10.3 Å².